The van der Waals surface area contributed by atoms with Crippen molar-refractivity contribution in [3.8, 4) is 6.07 Å². The van der Waals surface area contributed by atoms with Gasteiger partial charge in [-0.05, 0) is 42.5 Å². The second-order valence-corrected chi connectivity index (χ2v) is 6.38. The lowest BCUT2D eigenvalue weighted by molar-refractivity contribution is -0.128. The summed E-state index contributed by atoms with van der Waals surface area (Å²) >= 11 is 0. The van der Waals surface area contributed by atoms with Crippen molar-refractivity contribution in [3.63, 3.8) is 0 Å². The van der Waals surface area contributed by atoms with Gasteiger partial charge in [0.05, 0.1) is 18.2 Å². The van der Waals surface area contributed by atoms with E-state index in [9.17, 15) is 23.6 Å². The van der Waals surface area contributed by atoms with Crippen LogP contribution in [-0.2, 0) is 0 Å². The van der Waals surface area contributed by atoms with Gasteiger partial charge in [-0.3, -0.25) is 10.2 Å². The van der Waals surface area contributed by atoms with Crippen LogP contribution in [0.2, 0.25) is 0 Å². The zero-order chi connectivity index (χ0) is 20.0. The van der Waals surface area contributed by atoms with Crippen molar-refractivity contribution in [2.45, 2.75) is 38.3 Å². The number of pyridine rings is 1. The maximum absolute atomic E-state index is 12.2. The lowest BCUT2D eigenvalue weighted by Crippen LogP contribution is -2.41. The molecule has 2 rings (SSSR count). The minimum absolute atomic E-state index is 0.0430. The summed E-state index contributed by atoms with van der Waals surface area (Å²) < 4.78 is 36.5. The van der Waals surface area contributed by atoms with Crippen molar-refractivity contribution in [1.29, 1.82) is 5.26 Å². The van der Waals surface area contributed by atoms with Gasteiger partial charge in [0.1, 0.15) is 12.2 Å². The van der Waals surface area contributed by atoms with E-state index in [-0.39, 0.29) is 17.5 Å². The second kappa shape index (κ2) is 8.84. The van der Waals surface area contributed by atoms with Crippen LogP contribution in [0.25, 0.3) is 0 Å². The van der Waals surface area contributed by atoms with Crippen molar-refractivity contribution in [1.82, 2.24) is 10.4 Å². The van der Waals surface area contributed by atoms with Gasteiger partial charge in [0.15, 0.2) is 0 Å². The van der Waals surface area contributed by atoms with E-state index in [1.807, 2.05) is 43.5 Å². The third-order valence-corrected chi connectivity index (χ3v) is 4.26. The predicted octanol–water partition coefficient (Wildman–Crippen LogP) is 4.45. The van der Waals surface area contributed by atoms with E-state index in [1.54, 1.807) is 6.07 Å². The average Bonchev–Trinajstić information content (AvgIpc) is 2.64. The molecule has 2 atom stereocenters. The van der Waals surface area contributed by atoms with E-state index in [2.05, 4.69) is 11.1 Å². The molecule has 2 N–H and O–H groups in total. The average molecular weight is 378 g/mol. The molecule has 2 aromatic rings. The summed E-state index contributed by atoms with van der Waals surface area (Å²) in [6.45, 7) is 2.53. The highest BCUT2D eigenvalue weighted by molar-refractivity contribution is 5.41. The number of nitriles is 1. The summed E-state index contributed by atoms with van der Waals surface area (Å²) in [5.41, 5.74) is 4.64. The number of anilines is 1. The largest absolute Gasteiger partial charge is 0.402 e. The molecule has 2 unspecified atom stereocenters. The van der Waals surface area contributed by atoms with Crippen molar-refractivity contribution in [2.75, 3.05) is 11.7 Å². The third kappa shape index (κ3) is 5.94. The summed E-state index contributed by atoms with van der Waals surface area (Å²) in [5.74, 6) is -0.330. The second-order valence-electron chi connectivity index (χ2n) is 6.38. The smallest absolute Gasteiger partial charge is 0.273 e. The number of aromatic nitrogens is 1. The van der Waals surface area contributed by atoms with Crippen molar-refractivity contribution < 1.29 is 18.4 Å². The molecule has 5 nitrogen and oxygen atoms in total. The zero-order valence-electron chi connectivity index (χ0n) is 15.0. The fourth-order valence-corrected chi connectivity index (χ4v) is 2.77. The van der Waals surface area contributed by atoms with Crippen LogP contribution in [0.4, 0.5) is 18.9 Å². The van der Waals surface area contributed by atoms with Gasteiger partial charge in [-0.2, -0.15) is 23.6 Å². The molecular formula is C19H21F3N4O. The minimum atomic E-state index is -4.44. The molecule has 0 bridgehead atoms. The van der Waals surface area contributed by atoms with Gasteiger partial charge >= 0.3 is 6.18 Å². The SMILES string of the molecule is Cc1ccccc1C(C#N)CC(C)c1ccc(N(O)NCC(F)(F)F)cn1. The van der Waals surface area contributed by atoms with Crippen LogP contribution >= 0.6 is 0 Å². The first-order valence-corrected chi connectivity index (χ1v) is 8.41. The van der Waals surface area contributed by atoms with Gasteiger partial charge in [0, 0.05) is 5.69 Å². The Balaban J connectivity index is 2.03. The Labute approximate surface area is 156 Å². The third-order valence-electron chi connectivity index (χ3n) is 4.26. The number of hydrogen-bond donors (Lipinski definition) is 2. The summed E-state index contributed by atoms with van der Waals surface area (Å²) in [6.07, 6.45) is -2.60. The first kappa shape index (κ1) is 20.7. The molecular weight excluding hydrogens is 357 g/mol. The number of aryl methyl sites for hydroxylation is 1. The van der Waals surface area contributed by atoms with Crippen LogP contribution in [0.3, 0.4) is 0 Å². The van der Waals surface area contributed by atoms with Crippen LogP contribution in [0, 0.1) is 18.3 Å². The van der Waals surface area contributed by atoms with Crippen LogP contribution in [0.1, 0.15) is 42.0 Å². The standard InChI is InChI=1S/C19H21F3N4O/c1-13-5-3-4-6-17(13)15(10-23)9-14(2)18-8-7-16(11-24-18)26(27)25-12-19(20,21)22/h3-8,11,14-15,25,27H,9,12H2,1-2H3. The molecule has 0 spiro atoms. The minimum Gasteiger partial charge on any atom is -0.273 e. The molecule has 8 heteroatoms. The fraction of sp³-hybridized carbons (Fsp3) is 0.368. The molecule has 0 aliphatic carbocycles. The normalized spacial score (nSPS) is 13.7. The number of nitrogens with zero attached hydrogens (tertiary/aromatic N) is 3. The zero-order valence-corrected chi connectivity index (χ0v) is 15.0. The Morgan fingerprint density at radius 2 is 1.96 bits per heavy atom. The number of benzene rings is 1. The first-order chi connectivity index (χ1) is 12.7. The van der Waals surface area contributed by atoms with Gasteiger partial charge in [0.25, 0.3) is 0 Å². The first-order valence-electron chi connectivity index (χ1n) is 8.41. The summed E-state index contributed by atoms with van der Waals surface area (Å²) in [5, 5.41) is 19.4. The number of hydrazine groups is 1. The molecule has 0 radical (unpaired) electrons. The monoisotopic (exact) mass is 378 g/mol. The van der Waals surface area contributed by atoms with Crippen molar-refractivity contribution in [3.05, 3.63) is 59.4 Å². The highest BCUT2D eigenvalue weighted by atomic mass is 19.4. The van der Waals surface area contributed by atoms with E-state index < -0.39 is 12.7 Å². The van der Waals surface area contributed by atoms with Gasteiger partial charge in [0.2, 0.25) is 0 Å². The molecule has 1 heterocycles. The van der Waals surface area contributed by atoms with Crippen LogP contribution < -0.4 is 10.6 Å². The van der Waals surface area contributed by atoms with Crippen molar-refractivity contribution >= 4 is 5.69 Å². The molecule has 0 saturated carbocycles. The Hall–Kier alpha value is -2.63. The fourth-order valence-electron chi connectivity index (χ4n) is 2.77. The number of alkyl halides is 3. The highest BCUT2D eigenvalue weighted by Gasteiger charge is 2.27. The van der Waals surface area contributed by atoms with Gasteiger partial charge in [-0.15, -0.1) is 0 Å². The Kier molecular flexibility index (Phi) is 6.77. The summed E-state index contributed by atoms with van der Waals surface area (Å²) in [7, 11) is 0. The predicted molar refractivity (Wildman–Crippen MR) is 95.1 cm³/mol. The molecule has 1 aromatic heterocycles. The van der Waals surface area contributed by atoms with E-state index in [0.717, 1.165) is 11.1 Å². The van der Waals surface area contributed by atoms with Crippen LogP contribution in [-0.4, -0.2) is 22.9 Å². The van der Waals surface area contributed by atoms with E-state index in [4.69, 9.17) is 0 Å². The van der Waals surface area contributed by atoms with Crippen molar-refractivity contribution in [2.24, 2.45) is 0 Å². The molecule has 144 valence electrons. The molecule has 0 aliphatic heterocycles. The number of hydrogen-bond acceptors (Lipinski definition) is 5. The molecule has 0 saturated heterocycles. The molecule has 1 aromatic carbocycles. The molecule has 0 aliphatic rings. The summed E-state index contributed by atoms with van der Waals surface area (Å²) in [4.78, 5) is 4.22. The van der Waals surface area contributed by atoms with Crippen LogP contribution in [0.5, 0.6) is 0 Å². The van der Waals surface area contributed by atoms with Gasteiger partial charge < -0.3 is 0 Å². The number of halogens is 3. The maximum Gasteiger partial charge on any atom is 0.402 e. The molecule has 27 heavy (non-hydrogen) atoms. The van der Waals surface area contributed by atoms with E-state index in [0.29, 0.717) is 17.3 Å². The Morgan fingerprint density at radius 1 is 1.26 bits per heavy atom. The number of rotatable bonds is 7. The molecule has 0 amide bonds. The van der Waals surface area contributed by atoms with Gasteiger partial charge in [-0.1, -0.05) is 31.2 Å². The Bertz CT molecular complexity index is 787. The maximum atomic E-state index is 12.2. The lowest BCUT2D eigenvalue weighted by atomic mass is 9.87. The number of nitrogens with one attached hydrogen (secondary N) is 1. The Morgan fingerprint density at radius 3 is 2.52 bits per heavy atom. The van der Waals surface area contributed by atoms with Crippen LogP contribution in [0.15, 0.2) is 42.6 Å². The highest BCUT2D eigenvalue weighted by Crippen LogP contribution is 2.30. The summed E-state index contributed by atoms with van der Waals surface area (Å²) in [6, 6.07) is 13.1. The van der Waals surface area contributed by atoms with Gasteiger partial charge in [-0.25, -0.2) is 5.43 Å². The lowest BCUT2D eigenvalue weighted by Gasteiger charge is -2.20. The topological polar surface area (TPSA) is 72.2 Å². The van der Waals surface area contributed by atoms with E-state index >= 15 is 0 Å². The molecule has 0 fully saturated rings. The quantitative estimate of drug-likeness (QED) is 0.697. The van der Waals surface area contributed by atoms with E-state index in [1.165, 1.54) is 12.3 Å².